The van der Waals surface area contributed by atoms with Crippen molar-refractivity contribution in [2.75, 3.05) is 19.6 Å². The van der Waals surface area contributed by atoms with E-state index in [0.717, 1.165) is 51.7 Å². The molecule has 2 aromatic carbocycles. The number of carbonyl (C=O) groups excluding carboxylic acids is 2. The van der Waals surface area contributed by atoms with Crippen molar-refractivity contribution in [1.29, 1.82) is 0 Å². The van der Waals surface area contributed by atoms with Gasteiger partial charge < -0.3 is 15.3 Å². The highest BCUT2D eigenvalue weighted by Gasteiger charge is 2.26. The number of phenols is 1. The Morgan fingerprint density at radius 2 is 1.73 bits per heavy atom. The van der Waals surface area contributed by atoms with Gasteiger partial charge in [-0.1, -0.05) is 24.3 Å². The number of piperidine rings is 1. The van der Waals surface area contributed by atoms with Crippen LogP contribution in [0.3, 0.4) is 0 Å². The third-order valence-corrected chi connectivity index (χ3v) is 6.47. The lowest BCUT2D eigenvalue weighted by molar-refractivity contribution is -0.122. The highest BCUT2D eigenvalue weighted by molar-refractivity contribution is 5.98. The number of nitrogens with zero attached hydrogens (tertiary/aromatic N) is 1. The number of likely N-dealkylation sites (tertiary alicyclic amines) is 1. The summed E-state index contributed by atoms with van der Waals surface area (Å²) in [5, 5.41) is 12.6. The van der Waals surface area contributed by atoms with Crippen molar-refractivity contribution in [3.05, 3.63) is 65.2 Å². The first kappa shape index (κ1) is 20.6. The number of fused-ring (bicyclic) bond motifs is 1. The first-order valence-electron chi connectivity index (χ1n) is 11.0. The van der Waals surface area contributed by atoms with Crippen molar-refractivity contribution < 1.29 is 14.7 Å². The van der Waals surface area contributed by atoms with Crippen molar-refractivity contribution in [2.24, 2.45) is 5.92 Å². The van der Waals surface area contributed by atoms with Gasteiger partial charge in [0.15, 0.2) is 5.78 Å². The predicted molar refractivity (Wildman–Crippen MR) is 116 cm³/mol. The summed E-state index contributed by atoms with van der Waals surface area (Å²) >= 11 is 0. The second-order valence-corrected chi connectivity index (χ2v) is 8.49. The van der Waals surface area contributed by atoms with E-state index in [4.69, 9.17) is 0 Å². The number of Topliss-reactive ketones (excluding diaryl/α,β-unsaturated/α-hetero) is 1. The zero-order valence-corrected chi connectivity index (χ0v) is 17.3. The molecule has 5 nitrogen and oxygen atoms in total. The second kappa shape index (κ2) is 9.43. The fourth-order valence-corrected chi connectivity index (χ4v) is 4.71. The van der Waals surface area contributed by atoms with Gasteiger partial charge in [-0.05, 0) is 80.6 Å². The van der Waals surface area contributed by atoms with Crippen LogP contribution in [0.25, 0.3) is 0 Å². The van der Waals surface area contributed by atoms with E-state index in [1.807, 2.05) is 6.07 Å². The van der Waals surface area contributed by atoms with Crippen LogP contribution in [0.2, 0.25) is 0 Å². The largest absolute Gasteiger partial charge is 0.508 e. The first-order chi connectivity index (χ1) is 14.6. The van der Waals surface area contributed by atoms with E-state index in [9.17, 15) is 14.7 Å². The number of aromatic hydroxyl groups is 1. The summed E-state index contributed by atoms with van der Waals surface area (Å²) in [6, 6.07) is 15.1. The van der Waals surface area contributed by atoms with Crippen LogP contribution >= 0.6 is 0 Å². The van der Waals surface area contributed by atoms with Crippen molar-refractivity contribution in [3.63, 3.8) is 0 Å². The van der Waals surface area contributed by atoms with Crippen LogP contribution in [0.1, 0.15) is 59.6 Å². The van der Waals surface area contributed by atoms with Crippen LogP contribution in [-0.4, -0.2) is 41.3 Å². The van der Waals surface area contributed by atoms with E-state index in [0.29, 0.717) is 12.0 Å². The molecule has 1 fully saturated rings. The maximum Gasteiger partial charge on any atom is 0.221 e. The van der Waals surface area contributed by atoms with Crippen molar-refractivity contribution >= 4 is 11.7 Å². The maximum absolute atomic E-state index is 12.6. The quantitative estimate of drug-likeness (QED) is 0.715. The predicted octanol–water partition coefficient (Wildman–Crippen LogP) is 3.87. The fourth-order valence-electron chi connectivity index (χ4n) is 4.71. The summed E-state index contributed by atoms with van der Waals surface area (Å²) in [5.74, 6) is 0.470. The standard InChI is InChI=1S/C25H30N2O3/c28-21-10-8-19(9-11-21)25(30)20-12-15-27(16-13-20)17-14-24(29)26-23-7-3-5-18-4-1-2-6-22(18)23/h1-2,4,6,8-11,20,23,28H,3,5,7,12-17H2,(H,26,29). The molecule has 0 aromatic heterocycles. The number of nitrogens with one attached hydrogen (secondary N) is 1. The molecule has 1 saturated heterocycles. The smallest absolute Gasteiger partial charge is 0.221 e. The minimum atomic E-state index is 0.0263. The monoisotopic (exact) mass is 406 g/mol. The number of hydrogen-bond acceptors (Lipinski definition) is 4. The summed E-state index contributed by atoms with van der Waals surface area (Å²) < 4.78 is 0. The average molecular weight is 407 g/mol. The second-order valence-electron chi connectivity index (χ2n) is 8.49. The van der Waals surface area contributed by atoms with Gasteiger partial charge in [0.1, 0.15) is 5.75 Å². The van der Waals surface area contributed by atoms with Crippen LogP contribution in [0.4, 0.5) is 0 Å². The molecule has 1 amide bonds. The first-order valence-corrected chi connectivity index (χ1v) is 11.0. The zero-order valence-electron chi connectivity index (χ0n) is 17.3. The van der Waals surface area contributed by atoms with E-state index in [2.05, 4.69) is 28.4 Å². The Labute approximate surface area is 178 Å². The summed E-state index contributed by atoms with van der Waals surface area (Å²) in [7, 11) is 0. The number of benzene rings is 2. The number of phenolic OH excluding ortho intramolecular Hbond substituents is 1. The molecule has 0 spiro atoms. The van der Waals surface area contributed by atoms with E-state index in [1.54, 1.807) is 24.3 Å². The molecule has 4 rings (SSSR count). The molecule has 1 aliphatic heterocycles. The summed E-state index contributed by atoms with van der Waals surface area (Å²) in [6.45, 7) is 2.42. The van der Waals surface area contributed by atoms with Crippen LogP contribution in [0.15, 0.2) is 48.5 Å². The highest BCUT2D eigenvalue weighted by Crippen LogP contribution is 2.29. The molecule has 5 heteroatoms. The van der Waals surface area contributed by atoms with E-state index >= 15 is 0 Å². The van der Waals surface area contributed by atoms with Crippen molar-refractivity contribution in [1.82, 2.24) is 10.2 Å². The molecule has 0 radical (unpaired) electrons. The van der Waals surface area contributed by atoms with Gasteiger partial charge in [-0.25, -0.2) is 0 Å². The van der Waals surface area contributed by atoms with Crippen molar-refractivity contribution in [2.45, 2.75) is 44.6 Å². The van der Waals surface area contributed by atoms with Gasteiger partial charge in [0.2, 0.25) is 5.91 Å². The van der Waals surface area contributed by atoms with Crippen molar-refractivity contribution in [3.8, 4) is 5.75 Å². The lowest BCUT2D eigenvalue weighted by atomic mass is 9.87. The summed E-state index contributed by atoms with van der Waals surface area (Å²) in [6.07, 6.45) is 5.35. The van der Waals surface area contributed by atoms with E-state index < -0.39 is 0 Å². The topological polar surface area (TPSA) is 69.6 Å². The van der Waals surface area contributed by atoms with Gasteiger partial charge in [0.05, 0.1) is 6.04 Å². The molecule has 2 aliphatic rings. The number of hydrogen-bond donors (Lipinski definition) is 2. The molecule has 1 unspecified atom stereocenters. The SMILES string of the molecule is O=C(CCN1CCC(C(=O)c2ccc(O)cc2)CC1)NC1CCCc2ccccc21. The minimum Gasteiger partial charge on any atom is -0.508 e. The number of rotatable bonds is 6. The molecule has 2 N–H and O–H groups in total. The van der Waals surface area contributed by atoms with E-state index in [1.165, 1.54) is 11.1 Å². The van der Waals surface area contributed by atoms with Crippen LogP contribution in [0, 0.1) is 5.92 Å². The Kier molecular flexibility index (Phi) is 6.48. The molecular weight excluding hydrogens is 376 g/mol. The van der Waals surface area contributed by atoms with Crippen LogP contribution < -0.4 is 5.32 Å². The van der Waals surface area contributed by atoms with Gasteiger partial charge in [-0.2, -0.15) is 0 Å². The number of amides is 1. The van der Waals surface area contributed by atoms with Gasteiger partial charge in [-0.15, -0.1) is 0 Å². The molecule has 1 heterocycles. The molecule has 30 heavy (non-hydrogen) atoms. The van der Waals surface area contributed by atoms with Gasteiger partial charge >= 0.3 is 0 Å². The third-order valence-electron chi connectivity index (χ3n) is 6.47. The molecule has 1 atom stereocenters. The normalized spacial score (nSPS) is 19.8. The Balaban J connectivity index is 1.22. The van der Waals surface area contributed by atoms with Gasteiger partial charge in [-0.3, -0.25) is 9.59 Å². The van der Waals surface area contributed by atoms with Gasteiger partial charge in [0, 0.05) is 24.4 Å². The Morgan fingerprint density at radius 3 is 2.50 bits per heavy atom. The Hall–Kier alpha value is -2.66. The molecule has 0 saturated carbocycles. The Morgan fingerprint density at radius 1 is 1.00 bits per heavy atom. The van der Waals surface area contributed by atoms with Crippen LogP contribution in [0.5, 0.6) is 5.75 Å². The molecule has 2 aromatic rings. The van der Waals surface area contributed by atoms with Crippen LogP contribution in [-0.2, 0) is 11.2 Å². The minimum absolute atomic E-state index is 0.0263. The van der Waals surface area contributed by atoms with E-state index in [-0.39, 0.29) is 29.4 Å². The lowest BCUT2D eigenvalue weighted by Crippen LogP contribution is -2.39. The molecular formula is C25H30N2O3. The number of aryl methyl sites for hydroxylation is 1. The third kappa shape index (κ3) is 4.90. The number of carbonyl (C=O) groups is 2. The van der Waals surface area contributed by atoms with Gasteiger partial charge in [0.25, 0.3) is 0 Å². The zero-order chi connectivity index (χ0) is 20.9. The highest BCUT2D eigenvalue weighted by atomic mass is 16.3. The molecule has 1 aliphatic carbocycles. The maximum atomic E-state index is 12.6. The summed E-state index contributed by atoms with van der Waals surface area (Å²) in [5.41, 5.74) is 3.29. The molecule has 0 bridgehead atoms. The molecule has 158 valence electrons. The summed E-state index contributed by atoms with van der Waals surface area (Å²) in [4.78, 5) is 27.5. The average Bonchev–Trinajstić information content (AvgIpc) is 2.78. The lowest BCUT2D eigenvalue weighted by Gasteiger charge is -2.31. The Bertz CT molecular complexity index is 886. The number of ketones is 1. The fraction of sp³-hybridized carbons (Fsp3) is 0.440.